The maximum atomic E-state index is 12.9. The molecule has 118 heavy (non-hydrogen) atoms. The summed E-state index contributed by atoms with van der Waals surface area (Å²) in [6.45, 7) is 21.2. The average molecular weight is 1640 g/mol. The fraction of sp³-hybridized carbons (Fsp3) is 0.269. The van der Waals surface area contributed by atoms with Crippen molar-refractivity contribution < 1.29 is 5.11 Å². The van der Waals surface area contributed by atoms with Crippen LogP contribution in [0.25, 0.3) is 131 Å². The number of aryl methyl sites for hydroxylation is 4. The predicted molar refractivity (Wildman–Crippen MR) is 482 cm³/mol. The van der Waals surface area contributed by atoms with Crippen LogP contribution in [0.2, 0.25) is 0 Å². The number of aliphatic hydroxyl groups excluding tert-OH is 1. The number of nitrogens with zero attached hydrogens (tertiary/aromatic N) is 16. The van der Waals surface area contributed by atoms with Crippen LogP contribution < -0.4 is 22.2 Å². The topological polar surface area (TPSA) is 222 Å². The zero-order valence-electron chi connectivity index (χ0n) is 66.8. The van der Waals surface area contributed by atoms with E-state index >= 15 is 0 Å². The van der Waals surface area contributed by atoms with Crippen molar-refractivity contribution in [2.24, 2.45) is 0 Å². The number of benzene rings is 4. The molecule has 4 aromatic carbocycles. The zero-order chi connectivity index (χ0) is 81.0. The third-order valence-electron chi connectivity index (χ3n) is 22.7. The van der Waals surface area contributed by atoms with E-state index in [1.807, 2.05) is 131 Å². The van der Waals surface area contributed by atoms with Gasteiger partial charge in [-0.25, -0.2) is 39.9 Å². The number of fused-ring (bicyclic) bond motifs is 8. The van der Waals surface area contributed by atoms with Crippen LogP contribution in [0.4, 0.5) is 0 Å². The number of rotatable bonds is 12. The van der Waals surface area contributed by atoms with Crippen molar-refractivity contribution in [3.63, 3.8) is 0 Å². The monoisotopic (exact) mass is 1640 g/mol. The van der Waals surface area contributed by atoms with E-state index in [2.05, 4.69) is 127 Å². The highest BCUT2D eigenvalue weighted by molar-refractivity contribution is 7.19. The molecule has 0 amide bonds. The molecule has 4 aliphatic heterocycles. The van der Waals surface area contributed by atoms with E-state index in [9.17, 15) is 19.2 Å². The van der Waals surface area contributed by atoms with Gasteiger partial charge in [-0.05, 0) is 229 Å². The Morgan fingerprint density at radius 3 is 0.983 bits per heavy atom. The fourth-order valence-electron chi connectivity index (χ4n) is 16.0. The minimum atomic E-state index is -0.0873. The van der Waals surface area contributed by atoms with Crippen molar-refractivity contribution in [2.45, 2.75) is 92.2 Å². The first-order valence-corrected chi connectivity index (χ1v) is 43.5. The summed E-state index contributed by atoms with van der Waals surface area (Å²) in [7, 11) is 2.12. The van der Waals surface area contributed by atoms with Gasteiger partial charge in [0, 0.05) is 142 Å². The number of thiazole rings is 4. The van der Waals surface area contributed by atoms with E-state index < -0.39 is 0 Å². The summed E-state index contributed by atoms with van der Waals surface area (Å²) in [4.78, 5) is 98.0. The van der Waals surface area contributed by atoms with Gasteiger partial charge >= 0.3 is 0 Å². The van der Waals surface area contributed by atoms with Gasteiger partial charge in [-0.3, -0.25) is 51.5 Å². The molecule has 12 aromatic heterocycles. The van der Waals surface area contributed by atoms with Crippen LogP contribution in [0.15, 0.2) is 214 Å². The van der Waals surface area contributed by atoms with Crippen molar-refractivity contribution in [3.8, 4) is 45.0 Å². The molecule has 0 radical (unpaired) electrons. The first-order valence-electron chi connectivity index (χ1n) is 40.2. The molecule has 21 nitrogen and oxygen atoms in total. The van der Waals surface area contributed by atoms with Gasteiger partial charge in [0.05, 0.1) is 90.3 Å². The minimum Gasteiger partial charge on any atom is -0.395 e. The van der Waals surface area contributed by atoms with Crippen LogP contribution in [0.1, 0.15) is 94.7 Å². The van der Waals surface area contributed by atoms with Gasteiger partial charge in [0.15, 0.2) is 0 Å². The van der Waals surface area contributed by atoms with E-state index in [4.69, 9.17) is 25.0 Å². The van der Waals surface area contributed by atoms with E-state index in [0.717, 1.165) is 189 Å². The number of hydrogen-bond acceptors (Lipinski definition) is 21. The summed E-state index contributed by atoms with van der Waals surface area (Å²) in [6.07, 6.45) is 23.3. The van der Waals surface area contributed by atoms with Crippen molar-refractivity contribution in [3.05, 3.63) is 278 Å². The molecule has 16 aromatic rings. The molecule has 0 saturated heterocycles. The quantitative estimate of drug-likeness (QED) is 0.120. The summed E-state index contributed by atoms with van der Waals surface area (Å²) >= 11 is 6.62. The molecule has 0 spiro atoms. The van der Waals surface area contributed by atoms with Gasteiger partial charge in [-0.2, -0.15) is 0 Å². The Hall–Kier alpha value is -11.4. The number of likely N-dealkylation sites (N-methyl/N-ethyl adjacent to an activating group) is 1. The molecule has 0 atom stereocenters. The molecule has 0 unspecified atom stereocenters. The zero-order valence-corrected chi connectivity index (χ0v) is 70.1. The second-order valence-electron chi connectivity index (χ2n) is 31.2. The van der Waals surface area contributed by atoms with E-state index in [1.165, 1.54) is 35.1 Å². The highest BCUT2D eigenvalue weighted by Crippen LogP contribution is 2.36. The molecule has 16 heterocycles. The molecular weight excluding hydrogens is 1550 g/mol. The molecule has 594 valence electrons. The standard InChI is InChI=1S/C24H22N4OS.C24H24N4OS.C23H22N4O2S.C22H20N4OS/c1-15-25-20-6-2-17(12-22(20)30-15)21-13-24(29)28-14-18(3-7-23(28)26-21)16-8-10-27(11-9-16)19-4-5-19;1-15(2)27-10-8-17(9-11-27)19-5-7-23-26-21(13-24(29)28(23)14-19)18-4-6-20-22(12-18)30-16(3)25-20;1-15-24-19-4-2-17(12-21(19)30-15)20-13-23(29)27-14-18(3-5-22(27)25-20)16-6-8-26(9-7-16)10-11-28;1-14-23-18-5-3-16(11-20(18)28-14)19-12-22(27)26-13-17(4-6-21(26)24-19)15-7-9-25(2)10-8-15/h2-3,6-8,12-14,19H,4-5,9-11H2,1H3;4-8,12-15H,9-11H2,1-3H3;2-6,12-14,28H,7-11H2,1H3;3-7,11-13H,8-10H2,1-2H3. The van der Waals surface area contributed by atoms with Gasteiger partial charge in [0.1, 0.15) is 22.6 Å². The third kappa shape index (κ3) is 16.8. The average Bonchev–Trinajstić information content (AvgIpc) is 0.979. The Bertz CT molecular complexity index is 6830. The Balaban J connectivity index is 0.000000108. The first kappa shape index (κ1) is 77.9. The molecular formula is C93H88N16O5S4. The highest BCUT2D eigenvalue weighted by atomic mass is 32.1. The highest BCUT2D eigenvalue weighted by Gasteiger charge is 2.30. The molecule has 25 heteroatoms. The van der Waals surface area contributed by atoms with E-state index in [-0.39, 0.29) is 28.8 Å². The molecule has 21 rings (SSSR count). The maximum Gasteiger partial charge on any atom is 0.258 e. The lowest BCUT2D eigenvalue weighted by Crippen LogP contribution is -2.34. The van der Waals surface area contributed by atoms with Crippen molar-refractivity contribution in [1.29, 1.82) is 0 Å². The maximum absolute atomic E-state index is 12.9. The molecule has 1 N–H and O–H groups in total. The number of hydrogen-bond donors (Lipinski definition) is 1. The van der Waals surface area contributed by atoms with Crippen LogP contribution in [0.5, 0.6) is 0 Å². The van der Waals surface area contributed by atoms with Crippen LogP contribution in [0, 0.1) is 27.7 Å². The summed E-state index contributed by atoms with van der Waals surface area (Å²) in [5.74, 6) is 0. The van der Waals surface area contributed by atoms with Crippen molar-refractivity contribution >= 4 is 131 Å². The van der Waals surface area contributed by atoms with Gasteiger partial charge in [-0.15, -0.1) is 45.3 Å². The summed E-state index contributed by atoms with van der Waals surface area (Å²) in [5, 5.41) is 13.2. The van der Waals surface area contributed by atoms with E-state index in [0.29, 0.717) is 58.0 Å². The first-order chi connectivity index (χ1) is 57.3. The Morgan fingerprint density at radius 1 is 0.373 bits per heavy atom. The number of pyridine rings is 4. The van der Waals surface area contributed by atoms with Crippen LogP contribution in [-0.4, -0.2) is 167 Å². The number of aromatic nitrogens is 12. The second-order valence-corrected chi connectivity index (χ2v) is 36.1. The summed E-state index contributed by atoms with van der Waals surface area (Å²) < 4.78 is 11.0. The molecule has 1 aliphatic carbocycles. The van der Waals surface area contributed by atoms with Crippen LogP contribution in [0.3, 0.4) is 0 Å². The minimum absolute atomic E-state index is 0.0477. The lowest BCUT2D eigenvalue weighted by molar-refractivity contribution is 0.208. The van der Waals surface area contributed by atoms with Crippen LogP contribution >= 0.6 is 45.3 Å². The SMILES string of the molecule is Cc1nc2ccc(-c3cc(=O)n4cc(C5=CCN(C(C)C)CC5)ccc4n3)cc2s1.Cc1nc2ccc(-c3cc(=O)n4cc(C5=CCN(C)CC5)ccc4n3)cc2s1.Cc1nc2ccc(-c3cc(=O)n4cc(C5=CCN(C6CC6)CC5)ccc4n3)cc2s1.Cc1nc2ccc(-c3cc(=O)n4cc(C5=CCN(CCO)CC5)ccc4n3)cc2s1. The normalized spacial score (nSPS) is 15.8. The molecule has 1 fully saturated rings. The smallest absolute Gasteiger partial charge is 0.258 e. The largest absolute Gasteiger partial charge is 0.395 e. The Labute approximate surface area is 696 Å². The summed E-state index contributed by atoms with van der Waals surface area (Å²) in [5.41, 5.74) is 22.4. The third-order valence-corrected chi connectivity index (χ3v) is 26.4. The Morgan fingerprint density at radius 2 is 0.695 bits per heavy atom. The van der Waals surface area contributed by atoms with Gasteiger partial charge in [0.2, 0.25) is 0 Å². The van der Waals surface area contributed by atoms with Crippen molar-refractivity contribution in [1.82, 2.24) is 77.1 Å². The van der Waals surface area contributed by atoms with Gasteiger partial charge in [-0.1, -0.05) is 48.6 Å². The molecule has 5 aliphatic rings. The predicted octanol–water partition coefficient (Wildman–Crippen LogP) is 16.7. The number of β-amino-alcohol motifs (C(OH)–C–C–N with tert-alkyl or cyclic N) is 1. The molecule has 1 saturated carbocycles. The second kappa shape index (κ2) is 33.2. The van der Waals surface area contributed by atoms with Gasteiger partial charge < -0.3 is 10.0 Å². The lowest BCUT2D eigenvalue weighted by atomic mass is 10.0. The Kier molecular flexibility index (Phi) is 21.9. The van der Waals surface area contributed by atoms with Crippen molar-refractivity contribution in [2.75, 3.05) is 72.6 Å². The molecule has 0 bridgehead atoms. The number of aliphatic hydroxyl groups is 1. The summed E-state index contributed by atoms with van der Waals surface area (Å²) in [6, 6.07) is 48.1. The van der Waals surface area contributed by atoms with Gasteiger partial charge in [0.25, 0.3) is 22.2 Å². The van der Waals surface area contributed by atoms with E-state index in [1.54, 1.807) is 87.2 Å². The lowest BCUT2D eigenvalue weighted by Gasteiger charge is -2.29. The van der Waals surface area contributed by atoms with Crippen LogP contribution in [-0.2, 0) is 0 Å². The fourth-order valence-corrected chi connectivity index (χ4v) is 19.5.